The summed E-state index contributed by atoms with van der Waals surface area (Å²) in [6, 6.07) is 0. The molecule has 0 fully saturated rings. The molecule has 110 valence electrons. The maximum Gasteiger partial charge on any atom is 0.151 e. The number of nitrogens with one attached hydrogen (secondary N) is 2. The number of aryl methyl sites for hydroxylation is 6. The number of aromatic nitrogens is 7. The normalized spacial score (nSPS) is 11.1. The molecule has 3 heterocycles. The van der Waals surface area contributed by atoms with Gasteiger partial charge in [0.2, 0.25) is 0 Å². The highest BCUT2D eigenvalue weighted by molar-refractivity contribution is 7.11. The van der Waals surface area contributed by atoms with Crippen molar-refractivity contribution in [2.45, 2.75) is 39.5 Å². The van der Waals surface area contributed by atoms with Crippen molar-refractivity contribution in [3.05, 3.63) is 39.4 Å². The number of hydrogen-bond donors (Lipinski definition) is 2. The maximum absolute atomic E-state index is 4.50. The molecule has 0 saturated carbocycles. The zero-order chi connectivity index (χ0) is 14.7. The predicted molar refractivity (Wildman–Crippen MR) is 79.2 cm³/mol. The highest BCUT2D eigenvalue weighted by Crippen LogP contribution is 2.13. The van der Waals surface area contributed by atoms with Gasteiger partial charge in [-0.25, -0.2) is 15.0 Å². The van der Waals surface area contributed by atoms with E-state index in [-0.39, 0.29) is 0 Å². The first kappa shape index (κ1) is 13.9. The van der Waals surface area contributed by atoms with E-state index in [4.69, 9.17) is 0 Å². The molecule has 3 aromatic rings. The van der Waals surface area contributed by atoms with E-state index in [1.165, 1.54) is 4.88 Å². The Labute approximate surface area is 126 Å². The van der Waals surface area contributed by atoms with Crippen molar-refractivity contribution in [2.24, 2.45) is 0 Å². The summed E-state index contributed by atoms with van der Waals surface area (Å²) < 4.78 is 0. The first-order valence-electron chi connectivity index (χ1n) is 6.88. The average molecular weight is 303 g/mol. The van der Waals surface area contributed by atoms with Crippen molar-refractivity contribution in [2.75, 3.05) is 0 Å². The Morgan fingerprint density at radius 3 is 2.38 bits per heavy atom. The third-order valence-corrected chi connectivity index (χ3v) is 4.01. The van der Waals surface area contributed by atoms with Crippen LogP contribution in [-0.4, -0.2) is 35.3 Å². The Balaban J connectivity index is 1.51. The number of thiazole rings is 1. The fourth-order valence-electron chi connectivity index (χ4n) is 2.03. The summed E-state index contributed by atoms with van der Waals surface area (Å²) in [6.07, 6.45) is 5.12. The Morgan fingerprint density at radius 1 is 0.952 bits per heavy atom. The highest BCUT2D eigenvalue weighted by atomic mass is 32.1. The molecule has 0 bridgehead atoms. The number of H-pyrrole nitrogens is 2. The fourth-order valence-corrected chi connectivity index (χ4v) is 2.81. The van der Waals surface area contributed by atoms with Crippen LogP contribution in [0.15, 0.2) is 6.20 Å². The highest BCUT2D eigenvalue weighted by Gasteiger charge is 2.07. The summed E-state index contributed by atoms with van der Waals surface area (Å²) in [7, 11) is 0. The van der Waals surface area contributed by atoms with Gasteiger partial charge in [0.1, 0.15) is 11.6 Å². The maximum atomic E-state index is 4.50. The molecule has 2 N–H and O–H groups in total. The molecule has 3 rings (SSSR count). The minimum Gasteiger partial charge on any atom is -0.263 e. The van der Waals surface area contributed by atoms with Gasteiger partial charge in [0, 0.05) is 36.8 Å². The fraction of sp³-hybridized carbons (Fsp3) is 0.462. The van der Waals surface area contributed by atoms with Gasteiger partial charge in [0.05, 0.1) is 5.01 Å². The third kappa shape index (κ3) is 3.72. The molecule has 0 aliphatic rings. The number of hydrogen-bond acceptors (Lipinski definition) is 6. The summed E-state index contributed by atoms with van der Waals surface area (Å²) in [4.78, 5) is 14.4. The molecule has 0 saturated heterocycles. The Hall–Kier alpha value is -2.09. The van der Waals surface area contributed by atoms with Crippen molar-refractivity contribution in [3.8, 4) is 0 Å². The van der Waals surface area contributed by atoms with Gasteiger partial charge >= 0.3 is 0 Å². The van der Waals surface area contributed by atoms with Crippen molar-refractivity contribution in [3.63, 3.8) is 0 Å². The van der Waals surface area contributed by atoms with Gasteiger partial charge in [-0.05, 0) is 13.8 Å². The molecule has 0 aliphatic heterocycles. The molecular weight excluding hydrogens is 286 g/mol. The third-order valence-electron chi connectivity index (χ3n) is 3.04. The lowest BCUT2D eigenvalue weighted by atomic mass is 10.3. The second kappa shape index (κ2) is 6.13. The Bertz CT molecular complexity index is 653. The van der Waals surface area contributed by atoms with Gasteiger partial charge in [-0.3, -0.25) is 10.2 Å². The molecule has 21 heavy (non-hydrogen) atoms. The molecule has 0 amide bonds. The monoisotopic (exact) mass is 303 g/mol. The molecule has 0 spiro atoms. The van der Waals surface area contributed by atoms with Gasteiger partial charge in [-0.15, -0.1) is 11.3 Å². The van der Waals surface area contributed by atoms with Gasteiger partial charge in [-0.2, -0.15) is 10.2 Å². The van der Waals surface area contributed by atoms with E-state index in [1.807, 2.05) is 13.1 Å². The zero-order valence-electron chi connectivity index (χ0n) is 12.1. The van der Waals surface area contributed by atoms with Crippen LogP contribution in [0.4, 0.5) is 0 Å². The van der Waals surface area contributed by atoms with E-state index in [0.717, 1.165) is 54.0 Å². The summed E-state index contributed by atoms with van der Waals surface area (Å²) in [6.45, 7) is 3.96. The van der Waals surface area contributed by atoms with Crippen molar-refractivity contribution in [1.29, 1.82) is 0 Å². The predicted octanol–water partition coefficient (Wildman–Crippen LogP) is 1.57. The SMILES string of the molecule is Cc1nc(CCc2n[nH]c(CCc3ncc(C)s3)n2)n[nH]1. The molecule has 0 atom stereocenters. The van der Waals surface area contributed by atoms with Crippen molar-refractivity contribution >= 4 is 11.3 Å². The molecule has 3 aromatic heterocycles. The molecule has 0 aliphatic carbocycles. The van der Waals surface area contributed by atoms with Crippen LogP contribution in [0.2, 0.25) is 0 Å². The minimum absolute atomic E-state index is 0.740. The minimum atomic E-state index is 0.740. The van der Waals surface area contributed by atoms with E-state index in [1.54, 1.807) is 11.3 Å². The summed E-state index contributed by atoms with van der Waals surface area (Å²) in [5.41, 5.74) is 0. The smallest absolute Gasteiger partial charge is 0.151 e. The number of aromatic amines is 2. The quantitative estimate of drug-likeness (QED) is 0.720. The van der Waals surface area contributed by atoms with Crippen molar-refractivity contribution < 1.29 is 0 Å². The van der Waals surface area contributed by atoms with Crippen LogP contribution >= 0.6 is 11.3 Å². The van der Waals surface area contributed by atoms with Gasteiger partial charge in [0.25, 0.3) is 0 Å². The van der Waals surface area contributed by atoms with Crippen LogP contribution in [0.5, 0.6) is 0 Å². The number of nitrogens with zero attached hydrogens (tertiary/aromatic N) is 5. The molecule has 8 heteroatoms. The summed E-state index contributed by atoms with van der Waals surface area (Å²) in [5, 5.41) is 15.3. The van der Waals surface area contributed by atoms with E-state index in [0.29, 0.717) is 0 Å². The van der Waals surface area contributed by atoms with E-state index >= 15 is 0 Å². The van der Waals surface area contributed by atoms with Gasteiger partial charge < -0.3 is 0 Å². The average Bonchev–Trinajstić information content (AvgIpc) is 3.16. The van der Waals surface area contributed by atoms with Crippen LogP contribution in [-0.2, 0) is 25.7 Å². The largest absolute Gasteiger partial charge is 0.263 e. The topological polar surface area (TPSA) is 96.0 Å². The summed E-state index contributed by atoms with van der Waals surface area (Å²) >= 11 is 1.73. The molecular formula is C13H17N7S. The lowest BCUT2D eigenvalue weighted by molar-refractivity contribution is 0.813. The second-order valence-corrected chi connectivity index (χ2v) is 6.22. The first-order chi connectivity index (χ1) is 10.2. The van der Waals surface area contributed by atoms with Crippen LogP contribution in [0.25, 0.3) is 0 Å². The Morgan fingerprint density at radius 2 is 1.71 bits per heavy atom. The molecule has 7 nitrogen and oxygen atoms in total. The molecule has 0 radical (unpaired) electrons. The lowest BCUT2D eigenvalue weighted by Crippen LogP contribution is -1.96. The Kier molecular flexibility index (Phi) is 4.05. The number of rotatable bonds is 6. The zero-order valence-corrected chi connectivity index (χ0v) is 12.9. The molecule has 0 aromatic carbocycles. The standard InChI is InChI=1S/C13H17N7S/c1-8-7-14-13(21-8)6-5-12-16-11(19-20-12)4-3-10-15-9(2)17-18-10/h7H,3-6H2,1-2H3,(H,15,17,18)(H,16,19,20). The van der Waals surface area contributed by atoms with E-state index < -0.39 is 0 Å². The van der Waals surface area contributed by atoms with Crippen LogP contribution in [0.1, 0.15) is 33.2 Å². The van der Waals surface area contributed by atoms with Crippen LogP contribution in [0, 0.1) is 13.8 Å². The van der Waals surface area contributed by atoms with Gasteiger partial charge in [0.15, 0.2) is 11.6 Å². The van der Waals surface area contributed by atoms with Gasteiger partial charge in [-0.1, -0.05) is 0 Å². The van der Waals surface area contributed by atoms with Crippen molar-refractivity contribution in [1.82, 2.24) is 35.3 Å². The first-order valence-corrected chi connectivity index (χ1v) is 7.70. The van der Waals surface area contributed by atoms with E-state index in [9.17, 15) is 0 Å². The lowest BCUT2D eigenvalue weighted by Gasteiger charge is -1.92. The molecule has 0 unspecified atom stereocenters. The summed E-state index contributed by atoms with van der Waals surface area (Å²) in [5.74, 6) is 3.35. The van der Waals surface area contributed by atoms with Crippen LogP contribution in [0.3, 0.4) is 0 Å². The second-order valence-electron chi connectivity index (χ2n) is 4.90. The van der Waals surface area contributed by atoms with Crippen LogP contribution < -0.4 is 0 Å². The van der Waals surface area contributed by atoms with E-state index in [2.05, 4.69) is 42.3 Å².